The third-order valence-corrected chi connectivity index (χ3v) is 2.60. The molecule has 0 aliphatic rings. The minimum atomic E-state index is -4.14. The summed E-state index contributed by atoms with van der Waals surface area (Å²) in [6.07, 6.45) is 0. The number of rotatable bonds is 1. The van der Waals surface area contributed by atoms with Crippen molar-refractivity contribution in [1.29, 1.82) is 0 Å². The van der Waals surface area contributed by atoms with Crippen molar-refractivity contribution in [2.75, 3.05) is 5.73 Å². The highest BCUT2D eigenvalue weighted by Crippen LogP contribution is 2.19. The molecule has 1 aromatic rings. The van der Waals surface area contributed by atoms with Crippen LogP contribution >= 0.6 is 0 Å². The Morgan fingerprint density at radius 3 is 2.42 bits per heavy atom. The lowest BCUT2D eigenvalue weighted by molar-refractivity contribution is 0.482. The Hall–Kier alpha value is -1.07. The average Bonchev–Trinajstić information content (AvgIpc) is 1.92. The molecule has 0 aliphatic carbocycles. The van der Waals surface area contributed by atoms with Gasteiger partial charge in [0.2, 0.25) is 0 Å². The highest BCUT2D eigenvalue weighted by molar-refractivity contribution is 7.85. The van der Waals surface area contributed by atoms with E-state index in [9.17, 15) is 8.42 Å². The number of benzene rings is 1. The summed E-state index contributed by atoms with van der Waals surface area (Å²) in [6, 6.07) is 4.36. The summed E-state index contributed by atoms with van der Waals surface area (Å²) in [5.41, 5.74) is 6.17. The van der Waals surface area contributed by atoms with Crippen LogP contribution < -0.4 is 5.73 Å². The van der Waals surface area contributed by atoms with Crippen molar-refractivity contribution in [3.05, 3.63) is 23.8 Å². The molecule has 0 unspecified atom stereocenters. The molecule has 1 aromatic carbocycles. The smallest absolute Gasteiger partial charge is 0.294 e. The minimum Gasteiger partial charge on any atom is -0.398 e. The minimum absolute atomic E-state index is 0.137. The molecule has 5 heteroatoms. The van der Waals surface area contributed by atoms with Gasteiger partial charge < -0.3 is 5.73 Å². The Morgan fingerprint density at radius 2 is 2.00 bits per heavy atom. The quantitative estimate of drug-likeness (QED) is 0.504. The molecule has 66 valence electrons. The Morgan fingerprint density at radius 1 is 1.42 bits per heavy atom. The van der Waals surface area contributed by atoms with Gasteiger partial charge in [-0.3, -0.25) is 4.55 Å². The molecule has 0 amide bonds. The van der Waals surface area contributed by atoms with E-state index in [0.29, 0.717) is 11.3 Å². The van der Waals surface area contributed by atoms with Crippen LogP contribution in [0.5, 0.6) is 0 Å². The van der Waals surface area contributed by atoms with Gasteiger partial charge in [0.25, 0.3) is 10.1 Å². The molecule has 0 saturated carbocycles. The molecular formula is C7H9NO3S. The molecule has 0 heterocycles. The van der Waals surface area contributed by atoms with Gasteiger partial charge in [0.05, 0.1) is 4.90 Å². The Kier molecular flexibility index (Phi) is 2.08. The predicted molar refractivity (Wildman–Crippen MR) is 45.4 cm³/mol. The zero-order valence-corrected chi connectivity index (χ0v) is 7.30. The lowest BCUT2D eigenvalue weighted by Gasteiger charge is -2.03. The van der Waals surface area contributed by atoms with E-state index < -0.39 is 10.1 Å². The summed E-state index contributed by atoms with van der Waals surface area (Å²) in [7, 11) is -4.14. The Labute approximate surface area is 70.8 Å². The number of anilines is 1. The maximum Gasteiger partial charge on any atom is 0.294 e. The number of hydrogen-bond acceptors (Lipinski definition) is 3. The van der Waals surface area contributed by atoms with Crippen LogP contribution in [-0.2, 0) is 10.1 Å². The van der Waals surface area contributed by atoms with Crippen LogP contribution in [0, 0.1) is 6.92 Å². The van der Waals surface area contributed by atoms with Crippen LogP contribution in [-0.4, -0.2) is 13.0 Å². The van der Waals surface area contributed by atoms with Gasteiger partial charge >= 0.3 is 0 Å². The molecule has 0 saturated heterocycles. The van der Waals surface area contributed by atoms with Crippen LogP contribution in [0.4, 0.5) is 5.69 Å². The lowest BCUT2D eigenvalue weighted by Crippen LogP contribution is -2.02. The Bertz CT molecular complexity index is 397. The summed E-state index contributed by atoms with van der Waals surface area (Å²) in [5, 5.41) is 0. The Balaban J connectivity index is 3.47. The van der Waals surface area contributed by atoms with E-state index >= 15 is 0 Å². The van der Waals surface area contributed by atoms with Crippen LogP contribution in [0.2, 0.25) is 0 Å². The fourth-order valence-electron chi connectivity index (χ4n) is 0.911. The molecule has 0 atom stereocenters. The van der Waals surface area contributed by atoms with E-state index in [2.05, 4.69) is 0 Å². The van der Waals surface area contributed by atoms with Crippen LogP contribution in [0.3, 0.4) is 0 Å². The standard InChI is InChI=1S/C7H9NO3S/c1-5-6(8)3-2-4-7(5)12(9,10)11/h2-4H,8H2,1H3,(H,9,10,11). The van der Waals surface area contributed by atoms with E-state index in [-0.39, 0.29) is 4.90 Å². The molecule has 0 fully saturated rings. The molecule has 0 bridgehead atoms. The molecule has 0 aromatic heterocycles. The van der Waals surface area contributed by atoms with Crippen molar-refractivity contribution in [2.45, 2.75) is 11.8 Å². The molecule has 0 radical (unpaired) electrons. The van der Waals surface area contributed by atoms with Crippen LogP contribution in [0.15, 0.2) is 23.1 Å². The predicted octanol–water partition coefficient (Wildman–Crippen LogP) is 0.824. The van der Waals surface area contributed by atoms with E-state index in [1.54, 1.807) is 13.0 Å². The fraction of sp³-hybridized carbons (Fsp3) is 0.143. The second-order valence-corrected chi connectivity index (χ2v) is 3.84. The van der Waals surface area contributed by atoms with Crippen molar-refractivity contribution in [3.63, 3.8) is 0 Å². The van der Waals surface area contributed by atoms with Gasteiger partial charge in [-0.2, -0.15) is 8.42 Å². The summed E-state index contributed by atoms with van der Waals surface area (Å²) >= 11 is 0. The van der Waals surface area contributed by atoms with E-state index in [4.69, 9.17) is 10.3 Å². The first-order valence-corrected chi connectivity index (χ1v) is 4.69. The lowest BCUT2D eigenvalue weighted by atomic mass is 10.2. The largest absolute Gasteiger partial charge is 0.398 e. The summed E-state index contributed by atoms with van der Waals surface area (Å²) in [6.45, 7) is 1.54. The zero-order chi connectivity index (χ0) is 9.35. The van der Waals surface area contributed by atoms with Crippen molar-refractivity contribution < 1.29 is 13.0 Å². The summed E-state index contributed by atoms with van der Waals surface area (Å²) in [4.78, 5) is -0.137. The van der Waals surface area contributed by atoms with Crippen molar-refractivity contribution >= 4 is 15.8 Å². The first-order valence-electron chi connectivity index (χ1n) is 3.25. The number of nitrogens with two attached hydrogens (primary N) is 1. The monoisotopic (exact) mass is 187 g/mol. The van der Waals surface area contributed by atoms with Gasteiger partial charge in [0.15, 0.2) is 0 Å². The maximum atomic E-state index is 10.7. The van der Waals surface area contributed by atoms with Crippen molar-refractivity contribution in [3.8, 4) is 0 Å². The van der Waals surface area contributed by atoms with E-state index in [1.807, 2.05) is 0 Å². The van der Waals surface area contributed by atoms with Gasteiger partial charge in [-0.15, -0.1) is 0 Å². The third-order valence-electron chi connectivity index (χ3n) is 1.60. The van der Waals surface area contributed by atoms with Gasteiger partial charge in [0.1, 0.15) is 0 Å². The fourth-order valence-corrected chi connectivity index (χ4v) is 1.67. The molecule has 0 aliphatic heterocycles. The van der Waals surface area contributed by atoms with Crippen LogP contribution in [0.1, 0.15) is 5.56 Å². The van der Waals surface area contributed by atoms with Gasteiger partial charge in [-0.05, 0) is 24.6 Å². The van der Waals surface area contributed by atoms with Crippen LogP contribution in [0.25, 0.3) is 0 Å². The molecule has 0 spiro atoms. The zero-order valence-electron chi connectivity index (χ0n) is 6.48. The topological polar surface area (TPSA) is 80.4 Å². The molecule has 3 N–H and O–H groups in total. The molecule has 1 rings (SSSR count). The highest BCUT2D eigenvalue weighted by atomic mass is 32.2. The SMILES string of the molecule is Cc1c(N)cccc1S(=O)(=O)O. The van der Waals surface area contributed by atoms with Crippen molar-refractivity contribution in [1.82, 2.24) is 0 Å². The highest BCUT2D eigenvalue weighted by Gasteiger charge is 2.13. The van der Waals surface area contributed by atoms with Crippen molar-refractivity contribution in [2.24, 2.45) is 0 Å². The first-order chi connectivity index (χ1) is 5.43. The average molecular weight is 187 g/mol. The number of nitrogen functional groups attached to an aromatic ring is 1. The molecule has 4 nitrogen and oxygen atoms in total. The molecule has 12 heavy (non-hydrogen) atoms. The van der Waals surface area contributed by atoms with Gasteiger partial charge in [-0.1, -0.05) is 6.07 Å². The first kappa shape index (κ1) is 9.02. The van der Waals surface area contributed by atoms with E-state index in [0.717, 1.165) is 0 Å². The van der Waals surface area contributed by atoms with Gasteiger partial charge in [-0.25, -0.2) is 0 Å². The summed E-state index contributed by atoms with van der Waals surface area (Å²) < 4.78 is 30.1. The number of hydrogen-bond donors (Lipinski definition) is 2. The van der Waals surface area contributed by atoms with E-state index in [1.165, 1.54) is 12.1 Å². The second kappa shape index (κ2) is 2.76. The normalized spacial score (nSPS) is 11.5. The maximum absolute atomic E-state index is 10.7. The third kappa shape index (κ3) is 1.57. The second-order valence-electron chi connectivity index (χ2n) is 2.45. The molecular weight excluding hydrogens is 178 g/mol. The summed E-state index contributed by atoms with van der Waals surface area (Å²) in [5.74, 6) is 0. The van der Waals surface area contributed by atoms with Gasteiger partial charge in [0, 0.05) is 5.69 Å².